The van der Waals surface area contributed by atoms with E-state index in [-0.39, 0.29) is 24.1 Å². The summed E-state index contributed by atoms with van der Waals surface area (Å²) in [5, 5.41) is 9.03. The van der Waals surface area contributed by atoms with Gasteiger partial charge < -0.3 is 4.74 Å². The predicted octanol–water partition coefficient (Wildman–Crippen LogP) is 5.40. The third kappa shape index (κ3) is 3.11. The third-order valence-corrected chi connectivity index (χ3v) is 6.57. The molecule has 146 valence electrons. The highest BCUT2D eigenvalue weighted by Crippen LogP contribution is 2.44. The average Bonchev–Trinajstić information content (AvgIpc) is 3.05. The first-order valence-electron chi connectivity index (χ1n) is 10.5. The Balaban J connectivity index is 1.35. The molecule has 2 aliphatic heterocycles. The van der Waals surface area contributed by atoms with Crippen LogP contribution in [0.5, 0.6) is 0 Å². The maximum atomic E-state index is 13.1. The Morgan fingerprint density at radius 1 is 1.07 bits per heavy atom. The lowest BCUT2D eigenvalue weighted by Gasteiger charge is -2.44. The van der Waals surface area contributed by atoms with E-state index in [2.05, 4.69) is 60.7 Å². The monoisotopic (exact) mass is 384 g/mol. The van der Waals surface area contributed by atoms with Crippen LogP contribution in [-0.4, -0.2) is 29.7 Å². The molecule has 2 heterocycles. The fourth-order valence-electron chi connectivity index (χ4n) is 5.30. The van der Waals surface area contributed by atoms with Gasteiger partial charge in [-0.15, -0.1) is 0 Å². The maximum absolute atomic E-state index is 13.1. The van der Waals surface area contributed by atoms with Crippen molar-refractivity contribution < 1.29 is 9.53 Å². The zero-order chi connectivity index (χ0) is 19.8. The molecule has 0 radical (unpaired) electrons. The van der Waals surface area contributed by atoms with Crippen LogP contribution in [0, 0.1) is 11.3 Å². The Hall–Kier alpha value is -3.06. The molecule has 2 aromatic carbocycles. The highest BCUT2D eigenvalue weighted by Gasteiger charge is 2.38. The zero-order valence-corrected chi connectivity index (χ0v) is 16.4. The van der Waals surface area contributed by atoms with E-state index >= 15 is 0 Å². The van der Waals surface area contributed by atoms with Gasteiger partial charge in [0.05, 0.1) is 18.5 Å². The topological polar surface area (TPSA) is 53.3 Å². The van der Waals surface area contributed by atoms with Crippen molar-refractivity contribution in [2.75, 3.05) is 6.61 Å². The zero-order valence-electron chi connectivity index (χ0n) is 16.4. The van der Waals surface area contributed by atoms with Gasteiger partial charge >= 0.3 is 6.09 Å². The Bertz CT molecular complexity index is 974. The van der Waals surface area contributed by atoms with Crippen molar-refractivity contribution in [1.82, 2.24) is 4.90 Å². The number of nitriles is 1. The highest BCUT2D eigenvalue weighted by molar-refractivity contribution is 5.79. The lowest BCUT2D eigenvalue weighted by Crippen LogP contribution is -2.52. The van der Waals surface area contributed by atoms with Crippen molar-refractivity contribution in [2.24, 2.45) is 0 Å². The number of nitrogens with zero attached hydrogens (tertiary/aromatic N) is 2. The first-order chi connectivity index (χ1) is 14.3. The average molecular weight is 384 g/mol. The van der Waals surface area contributed by atoms with Crippen molar-refractivity contribution in [1.29, 1.82) is 5.26 Å². The van der Waals surface area contributed by atoms with Crippen LogP contribution in [0.25, 0.3) is 11.1 Å². The fraction of sp³-hybridized carbons (Fsp3) is 0.360. The quantitative estimate of drug-likeness (QED) is 0.666. The largest absolute Gasteiger partial charge is 0.448 e. The first-order valence-corrected chi connectivity index (χ1v) is 10.5. The molecule has 4 nitrogen and oxygen atoms in total. The van der Waals surface area contributed by atoms with Crippen molar-refractivity contribution in [2.45, 2.75) is 50.1 Å². The lowest BCUT2D eigenvalue weighted by molar-refractivity contribution is 0.0509. The van der Waals surface area contributed by atoms with Crippen LogP contribution < -0.4 is 0 Å². The molecule has 4 heteroatoms. The molecule has 0 N–H and O–H groups in total. The molecular formula is C25H24N2O2. The van der Waals surface area contributed by atoms with E-state index in [1.807, 2.05) is 4.90 Å². The summed E-state index contributed by atoms with van der Waals surface area (Å²) in [7, 11) is 0. The summed E-state index contributed by atoms with van der Waals surface area (Å²) in [6.07, 6.45) is 6.24. The molecule has 1 fully saturated rings. The van der Waals surface area contributed by atoms with Gasteiger partial charge in [-0.25, -0.2) is 4.79 Å². The van der Waals surface area contributed by atoms with E-state index in [1.54, 1.807) is 0 Å². The summed E-state index contributed by atoms with van der Waals surface area (Å²) in [6.45, 7) is 0.359. The molecular weight excluding hydrogens is 360 g/mol. The van der Waals surface area contributed by atoms with Crippen LogP contribution in [0.3, 0.4) is 0 Å². The Labute approximate surface area is 171 Å². The highest BCUT2D eigenvalue weighted by atomic mass is 16.6. The van der Waals surface area contributed by atoms with Gasteiger partial charge in [0.15, 0.2) is 0 Å². The summed E-state index contributed by atoms with van der Waals surface area (Å²) in [5.41, 5.74) is 6.11. The minimum atomic E-state index is -0.214. The van der Waals surface area contributed by atoms with E-state index in [9.17, 15) is 4.79 Å². The van der Waals surface area contributed by atoms with Crippen molar-refractivity contribution in [3.63, 3.8) is 0 Å². The standard InChI is InChI=1S/C25H24N2O2/c26-13-12-17-14-18-6-5-7-19(15-17)27(18)25(28)29-16-24-22-10-3-1-8-20(22)21-9-2-4-11-23(21)24/h1-4,8-11,14,18-19,24H,5-7,12,15-16H2. The van der Waals surface area contributed by atoms with Gasteiger partial charge in [0.1, 0.15) is 6.61 Å². The number of fused-ring (bicyclic) bond motifs is 5. The summed E-state index contributed by atoms with van der Waals surface area (Å²) in [4.78, 5) is 15.0. The van der Waals surface area contributed by atoms with Crippen LogP contribution in [0.4, 0.5) is 4.79 Å². The molecule has 3 aliphatic rings. The van der Waals surface area contributed by atoms with Gasteiger partial charge in [-0.3, -0.25) is 4.90 Å². The van der Waals surface area contributed by atoms with Crippen LogP contribution >= 0.6 is 0 Å². The maximum Gasteiger partial charge on any atom is 0.410 e. The predicted molar refractivity (Wildman–Crippen MR) is 111 cm³/mol. The number of piperidine rings is 1. The molecule has 0 aromatic heterocycles. The number of hydrogen-bond donors (Lipinski definition) is 0. The second-order valence-corrected chi connectivity index (χ2v) is 8.23. The van der Waals surface area contributed by atoms with Crippen molar-refractivity contribution >= 4 is 6.09 Å². The number of rotatable bonds is 3. The lowest BCUT2D eigenvalue weighted by atomic mass is 9.84. The molecule has 1 amide bonds. The summed E-state index contributed by atoms with van der Waals surface area (Å²) < 4.78 is 5.90. The van der Waals surface area contributed by atoms with Gasteiger partial charge in [0, 0.05) is 12.0 Å². The van der Waals surface area contributed by atoms with Crippen LogP contribution in [0.2, 0.25) is 0 Å². The van der Waals surface area contributed by atoms with Gasteiger partial charge in [-0.05, 0) is 47.9 Å². The van der Waals surface area contributed by atoms with Gasteiger partial charge in [-0.2, -0.15) is 5.26 Å². The Morgan fingerprint density at radius 2 is 1.76 bits per heavy atom. The molecule has 5 rings (SSSR count). The fourth-order valence-corrected chi connectivity index (χ4v) is 5.30. The van der Waals surface area contributed by atoms with Gasteiger partial charge in [0.2, 0.25) is 0 Å². The molecule has 1 aliphatic carbocycles. The Kier molecular flexibility index (Phi) is 4.60. The molecule has 2 unspecified atom stereocenters. The number of ether oxygens (including phenoxy) is 1. The normalized spacial score (nSPS) is 22.3. The molecule has 1 saturated heterocycles. The number of hydrogen-bond acceptors (Lipinski definition) is 3. The van der Waals surface area contributed by atoms with E-state index < -0.39 is 0 Å². The minimum absolute atomic E-state index is 0.0708. The summed E-state index contributed by atoms with van der Waals surface area (Å²) >= 11 is 0. The number of carbonyl (C=O) groups excluding carboxylic acids is 1. The van der Waals surface area contributed by atoms with Crippen LogP contribution in [0.15, 0.2) is 60.2 Å². The molecule has 0 spiro atoms. The molecule has 2 bridgehead atoms. The van der Waals surface area contributed by atoms with E-state index in [4.69, 9.17) is 10.00 Å². The Morgan fingerprint density at radius 3 is 2.41 bits per heavy atom. The third-order valence-electron chi connectivity index (χ3n) is 6.57. The molecule has 29 heavy (non-hydrogen) atoms. The number of benzene rings is 2. The first kappa shape index (κ1) is 18.0. The van der Waals surface area contributed by atoms with E-state index in [0.717, 1.165) is 25.7 Å². The molecule has 0 saturated carbocycles. The summed E-state index contributed by atoms with van der Waals surface area (Å²) in [6, 6.07) is 19.3. The van der Waals surface area contributed by atoms with Crippen LogP contribution in [-0.2, 0) is 4.74 Å². The number of amides is 1. The SMILES string of the molecule is N#CCC1=CC2CCCC(C1)N2C(=O)OCC1c2ccccc2-c2ccccc21. The van der Waals surface area contributed by atoms with Gasteiger partial charge in [0.25, 0.3) is 0 Å². The van der Waals surface area contributed by atoms with Gasteiger partial charge in [-0.1, -0.05) is 60.2 Å². The van der Waals surface area contributed by atoms with Crippen molar-refractivity contribution in [3.8, 4) is 17.2 Å². The van der Waals surface area contributed by atoms with E-state index in [1.165, 1.54) is 27.8 Å². The minimum Gasteiger partial charge on any atom is -0.448 e. The van der Waals surface area contributed by atoms with E-state index in [0.29, 0.717) is 13.0 Å². The summed E-state index contributed by atoms with van der Waals surface area (Å²) in [5.74, 6) is 0.0840. The second-order valence-electron chi connectivity index (χ2n) is 8.23. The van der Waals surface area contributed by atoms with Crippen molar-refractivity contribution in [3.05, 3.63) is 71.3 Å². The smallest absolute Gasteiger partial charge is 0.410 e. The molecule has 2 atom stereocenters. The second kappa shape index (κ2) is 7.40. The van der Waals surface area contributed by atoms with Crippen LogP contribution in [0.1, 0.15) is 49.1 Å². The molecule has 2 aromatic rings. The number of carbonyl (C=O) groups is 1.